The maximum atomic E-state index is 12.8. The van der Waals surface area contributed by atoms with Gasteiger partial charge in [0.1, 0.15) is 5.76 Å². The van der Waals surface area contributed by atoms with E-state index in [1.165, 1.54) is 0 Å². The van der Waals surface area contributed by atoms with E-state index in [2.05, 4.69) is 25.9 Å². The lowest BCUT2D eigenvalue weighted by Crippen LogP contribution is -2.34. The highest BCUT2D eigenvalue weighted by Crippen LogP contribution is 2.23. The molecule has 1 atom stereocenters. The van der Waals surface area contributed by atoms with Gasteiger partial charge in [-0.3, -0.25) is 19.3 Å². The van der Waals surface area contributed by atoms with Crippen LogP contribution in [-0.2, 0) is 19.5 Å². The molecule has 2 N–H and O–H groups in total. The lowest BCUT2D eigenvalue weighted by Gasteiger charge is -2.24. The van der Waals surface area contributed by atoms with Gasteiger partial charge in [-0.2, -0.15) is 5.10 Å². The van der Waals surface area contributed by atoms with Gasteiger partial charge in [0.05, 0.1) is 28.7 Å². The number of pyridine rings is 1. The number of nitrogens with one attached hydrogen (secondary N) is 2. The second-order valence-electron chi connectivity index (χ2n) is 7.52. The van der Waals surface area contributed by atoms with Gasteiger partial charge in [-0.25, -0.2) is 0 Å². The molecule has 0 saturated heterocycles. The zero-order chi connectivity index (χ0) is 21.1. The standard InChI is InChI=1S/C21H24N6O3/c1-13-17(14(2)30-26-13)11-24-21(29)18-12-25-27-7-5-15(8-19(18)27)9-23-20(28)16-4-3-6-22-10-16/h3-4,6,10,12,15H,5,7-9,11H2,1-2H3,(H,23,28)(H,24,29)/t15-/m1/s1. The molecule has 2 amide bonds. The Morgan fingerprint density at radius 1 is 1.23 bits per heavy atom. The predicted molar refractivity (Wildman–Crippen MR) is 108 cm³/mol. The molecule has 0 aliphatic carbocycles. The summed E-state index contributed by atoms with van der Waals surface area (Å²) in [7, 11) is 0. The van der Waals surface area contributed by atoms with Crippen LogP contribution >= 0.6 is 0 Å². The largest absolute Gasteiger partial charge is 0.361 e. The van der Waals surface area contributed by atoms with E-state index in [0.29, 0.717) is 36.4 Å². The van der Waals surface area contributed by atoms with E-state index in [9.17, 15) is 9.59 Å². The Balaban J connectivity index is 1.37. The van der Waals surface area contributed by atoms with Crippen LogP contribution in [0.25, 0.3) is 0 Å². The smallest absolute Gasteiger partial charge is 0.255 e. The van der Waals surface area contributed by atoms with Crippen LogP contribution in [0, 0.1) is 19.8 Å². The summed E-state index contributed by atoms with van der Waals surface area (Å²) in [6, 6.07) is 3.47. The summed E-state index contributed by atoms with van der Waals surface area (Å²) in [5.41, 5.74) is 3.68. The normalized spacial score (nSPS) is 15.5. The van der Waals surface area contributed by atoms with E-state index in [4.69, 9.17) is 4.52 Å². The number of hydrogen-bond donors (Lipinski definition) is 2. The topological polar surface area (TPSA) is 115 Å². The summed E-state index contributed by atoms with van der Waals surface area (Å²) < 4.78 is 7.02. The molecular formula is C21H24N6O3. The fourth-order valence-corrected chi connectivity index (χ4v) is 3.72. The number of aromatic nitrogens is 4. The van der Waals surface area contributed by atoms with Crippen molar-refractivity contribution in [3.63, 3.8) is 0 Å². The zero-order valence-corrected chi connectivity index (χ0v) is 17.0. The first-order valence-electron chi connectivity index (χ1n) is 9.95. The van der Waals surface area contributed by atoms with E-state index < -0.39 is 0 Å². The van der Waals surface area contributed by atoms with E-state index in [-0.39, 0.29) is 17.7 Å². The van der Waals surface area contributed by atoms with Crippen molar-refractivity contribution < 1.29 is 14.1 Å². The first kappa shape index (κ1) is 19.8. The molecule has 0 bridgehead atoms. The highest BCUT2D eigenvalue weighted by molar-refractivity contribution is 5.95. The van der Waals surface area contributed by atoms with Crippen LogP contribution in [0.5, 0.6) is 0 Å². The van der Waals surface area contributed by atoms with Crippen LogP contribution in [0.2, 0.25) is 0 Å². The van der Waals surface area contributed by atoms with Crippen LogP contribution in [0.1, 0.15) is 49.8 Å². The van der Waals surface area contributed by atoms with Crippen LogP contribution in [0.4, 0.5) is 0 Å². The number of aryl methyl sites for hydroxylation is 3. The average molecular weight is 408 g/mol. The number of amides is 2. The molecule has 0 unspecified atom stereocenters. The van der Waals surface area contributed by atoms with Crippen molar-refractivity contribution in [2.45, 2.75) is 39.8 Å². The Kier molecular flexibility index (Phi) is 5.60. The maximum absolute atomic E-state index is 12.8. The molecule has 1 aliphatic heterocycles. The van der Waals surface area contributed by atoms with Crippen LogP contribution in [-0.4, -0.2) is 38.3 Å². The van der Waals surface area contributed by atoms with Crippen molar-refractivity contribution in [1.29, 1.82) is 0 Å². The third-order valence-corrected chi connectivity index (χ3v) is 5.51. The molecule has 0 saturated carbocycles. The second-order valence-corrected chi connectivity index (χ2v) is 7.52. The van der Waals surface area contributed by atoms with Gasteiger partial charge in [-0.1, -0.05) is 5.16 Å². The molecule has 0 aromatic carbocycles. The van der Waals surface area contributed by atoms with E-state index >= 15 is 0 Å². The Hall–Kier alpha value is -3.49. The van der Waals surface area contributed by atoms with Crippen molar-refractivity contribution in [2.24, 2.45) is 5.92 Å². The highest BCUT2D eigenvalue weighted by Gasteiger charge is 2.26. The second kappa shape index (κ2) is 8.48. The minimum absolute atomic E-state index is 0.139. The van der Waals surface area contributed by atoms with Gasteiger partial charge < -0.3 is 15.2 Å². The van der Waals surface area contributed by atoms with Crippen molar-refractivity contribution >= 4 is 11.8 Å². The summed E-state index contributed by atoms with van der Waals surface area (Å²) in [4.78, 5) is 29.0. The molecule has 30 heavy (non-hydrogen) atoms. The number of fused-ring (bicyclic) bond motifs is 1. The molecule has 0 fully saturated rings. The third-order valence-electron chi connectivity index (χ3n) is 5.51. The third kappa shape index (κ3) is 4.10. The van der Waals surface area contributed by atoms with Crippen molar-refractivity contribution in [1.82, 2.24) is 30.6 Å². The van der Waals surface area contributed by atoms with Gasteiger partial charge in [0.15, 0.2) is 0 Å². The minimum atomic E-state index is -0.170. The molecule has 0 spiro atoms. The SMILES string of the molecule is Cc1noc(C)c1CNC(=O)c1cnn2c1C[C@H](CNC(=O)c1cccnc1)CC2. The molecule has 3 aromatic rings. The highest BCUT2D eigenvalue weighted by atomic mass is 16.5. The molecule has 3 aromatic heterocycles. The Labute approximate surface area is 173 Å². The summed E-state index contributed by atoms with van der Waals surface area (Å²) in [6.45, 7) is 5.30. The zero-order valence-electron chi connectivity index (χ0n) is 17.0. The van der Waals surface area contributed by atoms with Gasteiger partial charge >= 0.3 is 0 Å². The van der Waals surface area contributed by atoms with Crippen molar-refractivity contribution in [3.8, 4) is 0 Å². The lowest BCUT2D eigenvalue weighted by atomic mass is 9.94. The molecule has 9 nitrogen and oxygen atoms in total. The first-order valence-corrected chi connectivity index (χ1v) is 9.95. The predicted octanol–water partition coefficient (Wildman–Crippen LogP) is 1.81. The van der Waals surface area contributed by atoms with Crippen LogP contribution in [0.3, 0.4) is 0 Å². The Morgan fingerprint density at radius 2 is 2.10 bits per heavy atom. The summed E-state index contributed by atoms with van der Waals surface area (Å²) in [6.07, 6.45) is 6.38. The van der Waals surface area contributed by atoms with Crippen LogP contribution in [0.15, 0.2) is 35.2 Å². The quantitative estimate of drug-likeness (QED) is 0.643. The molecule has 4 rings (SSSR count). The maximum Gasteiger partial charge on any atom is 0.255 e. The molecule has 4 heterocycles. The first-order chi connectivity index (χ1) is 14.5. The number of carbonyl (C=O) groups excluding carboxylic acids is 2. The Bertz CT molecular complexity index is 1040. The number of carbonyl (C=O) groups is 2. The fraction of sp³-hybridized carbons (Fsp3) is 0.381. The fourth-order valence-electron chi connectivity index (χ4n) is 3.72. The average Bonchev–Trinajstić information content (AvgIpc) is 3.33. The molecule has 156 valence electrons. The van der Waals surface area contributed by atoms with Crippen molar-refractivity contribution in [2.75, 3.05) is 6.54 Å². The monoisotopic (exact) mass is 408 g/mol. The summed E-state index contributed by atoms with van der Waals surface area (Å²) >= 11 is 0. The van der Waals surface area contributed by atoms with E-state index in [1.807, 2.05) is 18.5 Å². The molecular weight excluding hydrogens is 384 g/mol. The molecule has 0 radical (unpaired) electrons. The van der Waals surface area contributed by atoms with E-state index in [0.717, 1.165) is 29.9 Å². The van der Waals surface area contributed by atoms with Crippen molar-refractivity contribution in [3.05, 3.63) is 64.6 Å². The van der Waals surface area contributed by atoms with Gasteiger partial charge in [0, 0.05) is 37.6 Å². The Morgan fingerprint density at radius 3 is 2.83 bits per heavy atom. The van der Waals surface area contributed by atoms with Gasteiger partial charge in [0.25, 0.3) is 11.8 Å². The summed E-state index contributed by atoms with van der Waals surface area (Å²) in [5, 5.41) is 14.2. The van der Waals surface area contributed by atoms with Gasteiger partial charge in [-0.05, 0) is 44.7 Å². The van der Waals surface area contributed by atoms with E-state index in [1.54, 1.807) is 30.7 Å². The molecule has 1 aliphatic rings. The number of rotatable bonds is 6. The lowest BCUT2D eigenvalue weighted by molar-refractivity contribution is 0.0933. The van der Waals surface area contributed by atoms with Crippen LogP contribution < -0.4 is 10.6 Å². The number of nitrogens with zero attached hydrogens (tertiary/aromatic N) is 4. The van der Waals surface area contributed by atoms with Gasteiger partial charge in [0.2, 0.25) is 0 Å². The minimum Gasteiger partial charge on any atom is -0.361 e. The summed E-state index contributed by atoms with van der Waals surface area (Å²) in [5.74, 6) is 0.633. The number of hydrogen-bond acceptors (Lipinski definition) is 6. The molecule has 9 heteroatoms. The van der Waals surface area contributed by atoms with Gasteiger partial charge in [-0.15, -0.1) is 0 Å².